The highest BCUT2D eigenvalue weighted by atomic mass is 19.1. The van der Waals surface area contributed by atoms with Gasteiger partial charge in [0.05, 0.1) is 16.6 Å². The van der Waals surface area contributed by atoms with Gasteiger partial charge in [-0.05, 0) is 38.1 Å². The Morgan fingerprint density at radius 1 is 1.05 bits per heavy atom. The van der Waals surface area contributed by atoms with Crippen LogP contribution in [0, 0.1) is 19.7 Å². The summed E-state index contributed by atoms with van der Waals surface area (Å²) in [5.74, 6) is 0.147. The van der Waals surface area contributed by atoms with Crippen molar-refractivity contribution in [1.29, 1.82) is 0 Å². The van der Waals surface area contributed by atoms with Crippen LogP contribution in [-0.4, -0.2) is 9.55 Å². The second-order valence-corrected chi connectivity index (χ2v) is 4.80. The van der Waals surface area contributed by atoms with Gasteiger partial charge in [0.15, 0.2) is 0 Å². The zero-order chi connectivity index (χ0) is 14.3. The molecule has 1 aromatic heterocycles. The fourth-order valence-electron chi connectivity index (χ4n) is 2.27. The fourth-order valence-corrected chi connectivity index (χ4v) is 2.27. The molecule has 0 radical (unpaired) electrons. The summed E-state index contributed by atoms with van der Waals surface area (Å²) in [6.07, 6.45) is 0. The Morgan fingerprint density at radius 2 is 1.75 bits per heavy atom. The first-order valence-electron chi connectivity index (χ1n) is 6.32. The van der Waals surface area contributed by atoms with Gasteiger partial charge < -0.3 is 0 Å². The number of nitrogens with zero attached hydrogens (tertiary/aromatic N) is 2. The molecule has 0 bridgehead atoms. The van der Waals surface area contributed by atoms with Crippen LogP contribution in [0.1, 0.15) is 11.4 Å². The van der Waals surface area contributed by atoms with Gasteiger partial charge in [-0.3, -0.25) is 9.36 Å². The quantitative estimate of drug-likeness (QED) is 0.679. The van der Waals surface area contributed by atoms with Crippen molar-refractivity contribution in [3.05, 3.63) is 70.0 Å². The van der Waals surface area contributed by atoms with E-state index in [-0.39, 0.29) is 5.56 Å². The Kier molecular flexibility index (Phi) is 2.86. The molecule has 0 aliphatic heterocycles. The maximum atomic E-state index is 13.2. The summed E-state index contributed by atoms with van der Waals surface area (Å²) in [7, 11) is 0. The Balaban J connectivity index is 2.34. The number of rotatable bonds is 1. The summed E-state index contributed by atoms with van der Waals surface area (Å²) < 4.78 is 14.8. The number of aromatic nitrogens is 2. The molecule has 3 rings (SSSR count). The number of benzene rings is 2. The van der Waals surface area contributed by atoms with E-state index in [0.29, 0.717) is 16.7 Å². The minimum absolute atomic E-state index is 0.184. The highest BCUT2D eigenvalue weighted by molar-refractivity contribution is 5.78. The third-order valence-electron chi connectivity index (χ3n) is 3.29. The second kappa shape index (κ2) is 4.56. The summed E-state index contributed by atoms with van der Waals surface area (Å²) >= 11 is 0. The van der Waals surface area contributed by atoms with Crippen molar-refractivity contribution in [3.8, 4) is 5.69 Å². The van der Waals surface area contributed by atoms with E-state index >= 15 is 0 Å². The molecule has 0 spiro atoms. The van der Waals surface area contributed by atoms with Crippen molar-refractivity contribution in [1.82, 2.24) is 9.55 Å². The molecular formula is C16H13FN2O. The Bertz CT molecular complexity index is 851. The lowest BCUT2D eigenvalue weighted by atomic mass is 10.2. The van der Waals surface area contributed by atoms with Crippen LogP contribution in [0.15, 0.2) is 47.3 Å². The van der Waals surface area contributed by atoms with Gasteiger partial charge in [0.25, 0.3) is 5.56 Å². The van der Waals surface area contributed by atoms with E-state index < -0.39 is 5.82 Å². The molecule has 0 N–H and O–H groups in total. The molecule has 0 unspecified atom stereocenters. The molecule has 0 atom stereocenters. The first kappa shape index (κ1) is 12.5. The molecular weight excluding hydrogens is 255 g/mol. The van der Waals surface area contributed by atoms with Gasteiger partial charge in [-0.1, -0.05) is 17.7 Å². The average Bonchev–Trinajstić information content (AvgIpc) is 2.40. The Morgan fingerprint density at radius 3 is 2.45 bits per heavy atom. The highest BCUT2D eigenvalue weighted by Gasteiger charge is 2.10. The van der Waals surface area contributed by atoms with Crippen molar-refractivity contribution < 1.29 is 4.39 Å². The fraction of sp³-hybridized carbons (Fsp3) is 0.125. The van der Waals surface area contributed by atoms with Crippen LogP contribution >= 0.6 is 0 Å². The zero-order valence-corrected chi connectivity index (χ0v) is 11.2. The lowest BCUT2D eigenvalue weighted by Gasteiger charge is -2.11. The second-order valence-electron chi connectivity index (χ2n) is 4.80. The van der Waals surface area contributed by atoms with Gasteiger partial charge in [0.2, 0.25) is 0 Å². The standard InChI is InChI=1S/C16H13FN2O/c1-10-3-6-13(7-4-10)19-11(2)18-15-9-12(17)5-8-14(15)16(19)20/h3-9H,1-2H3. The molecule has 0 amide bonds. The lowest BCUT2D eigenvalue weighted by Crippen LogP contribution is -2.22. The molecule has 4 heteroatoms. The average molecular weight is 268 g/mol. The van der Waals surface area contributed by atoms with Crippen molar-refractivity contribution >= 4 is 10.9 Å². The largest absolute Gasteiger partial charge is 0.268 e. The predicted octanol–water partition coefficient (Wildman–Crippen LogP) is 3.14. The van der Waals surface area contributed by atoms with E-state index in [0.717, 1.165) is 11.3 Å². The summed E-state index contributed by atoms with van der Waals surface area (Å²) in [5.41, 5.74) is 2.08. The number of hydrogen-bond acceptors (Lipinski definition) is 2. The summed E-state index contributed by atoms with van der Waals surface area (Å²) in [6, 6.07) is 11.7. The Hall–Kier alpha value is -2.49. The minimum Gasteiger partial charge on any atom is -0.268 e. The van der Waals surface area contributed by atoms with Crippen LogP contribution in [0.2, 0.25) is 0 Å². The lowest BCUT2D eigenvalue weighted by molar-refractivity contribution is 0.629. The monoisotopic (exact) mass is 268 g/mol. The molecule has 3 nitrogen and oxygen atoms in total. The van der Waals surface area contributed by atoms with E-state index in [1.165, 1.54) is 18.2 Å². The van der Waals surface area contributed by atoms with Gasteiger partial charge in [-0.25, -0.2) is 9.37 Å². The van der Waals surface area contributed by atoms with Crippen LogP contribution in [0.5, 0.6) is 0 Å². The van der Waals surface area contributed by atoms with E-state index in [9.17, 15) is 9.18 Å². The summed E-state index contributed by atoms with van der Waals surface area (Å²) in [6.45, 7) is 3.73. The molecule has 3 aromatic rings. The van der Waals surface area contributed by atoms with Crippen molar-refractivity contribution in [3.63, 3.8) is 0 Å². The first-order valence-corrected chi connectivity index (χ1v) is 6.32. The third-order valence-corrected chi connectivity index (χ3v) is 3.29. The van der Waals surface area contributed by atoms with Crippen molar-refractivity contribution in [2.75, 3.05) is 0 Å². The number of halogens is 1. The van der Waals surface area contributed by atoms with Crippen LogP contribution < -0.4 is 5.56 Å². The van der Waals surface area contributed by atoms with Crippen LogP contribution in [0.3, 0.4) is 0 Å². The Labute approximate surface area is 115 Å². The molecule has 0 saturated carbocycles. The molecule has 0 aliphatic rings. The predicted molar refractivity (Wildman–Crippen MR) is 76.8 cm³/mol. The van der Waals surface area contributed by atoms with Crippen LogP contribution in [0.25, 0.3) is 16.6 Å². The van der Waals surface area contributed by atoms with E-state index in [2.05, 4.69) is 4.98 Å². The first-order chi connectivity index (χ1) is 9.56. The maximum Gasteiger partial charge on any atom is 0.265 e. The molecule has 100 valence electrons. The van der Waals surface area contributed by atoms with Crippen molar-refractivity contribution in [2.24, 2.45) is 0 Å². The molecule has 20 heavy (non-hydrogen) atoms. The molecule has 2 aromatic carbocycles. The number of fused-ring (bicyclic) bond motifs is 1. The summed E-state index contributed by atoms with van der Waals surface area (Å²) in [4.78, 5) is 16.9. The van der Waals surface area contributed by atoms with Crippen LogP contribution in [0.4, 0.5) is 4.39 Å². The third kappa shape index (κ3) is 1.99. The van der Waals surface area contributed by atoms with Crippen molar-refractivity contribution in [2.45, 2.75) is 13.8 Å². The van der Waals surface area contributed by atoms with E-state index in [1.54, 1.807) is 11.5 Å². The topological polar surface area (TPSA) is 34.9 Å². The highest BCUT2D eigenvalue weighted by Crippen LogP contribution is 2.14. The van der Waals surface area contributed by atoms with Gasteiger partial charge in [0, 0.05) is 6.07 Å². The van der Waals surface area contributed by atoms with Gasteiger partial charge >= 0.3 is 0 Å². The molecule has 1 heterocycles. The SMILES string of the molecule is Cc1ccc(-n2c(C)nc3cc(F)ccc3c2=O)cc1. The van der Waals surface area contributed by atoms with Crippen LogP contribution in [-0.2, 0) is 0 Å². The molecule has 0 aliphatic carbocycles. The number of aryl methyl sites for hydroxylation is 2. The van der Waals surface area contributed by atoms with Gasteiger partial charge in [-0.2, -0.15) is 0 Å². The number of hydrogen-bond donors (Lipinski definition) is 0. The minimum atomic E-state index is -0.392. The molecule has 0 fully saturated rings. The van der Waals surface area contributed by atoms with Gasteiger partial charge in [-0.15, -0.1) is 0 Å². The van der Waals surface area contributed by atoms with E-state index in [4.69, 9.17) is 0 Å². The smallest absolute Gasteiger partial charge is 0.265 e. The van der Waals surface area contributed by atoms with E-state index in [1.807, 2.05) is 31.2 Å². The molecule has 0 saturated heterocycles. The van der Waals surface area contributed by atoms with Gasteiger partial charge in [0.1, 0.15) is 11.6 Å². The maximum absolute atomic E-state index is 13.2. The summed E-state index contributed by atoms with van der Waals surface area (Å²) in [5, 5.41) is 0.414. The zero-order valence-electron chi connectivity index (χ0n) is 11.2. The normalized spacial score (nSPS) is 10.9.